The SMILES string of the molecule is CNc1cccc(-n2nc(C)nc2C)c1[N+](=O)[O-]. The molecule has 0 aliphatic rings. The summed E-state index contributed by atoms with van der Waals surface area (Å²) in [5, 5.41) is 18.2. The average Bonchev–Trinajstić information content (AvgIpc) is 2.67. The largest absolute Gasteiger partial charge is 0.382 e. The first kappa shape index (κ1) is 12.0. The van der Waals surface area contributed by atoms with Gasteiger partial charge in [-0.15, -0.1) is 0 Å². The van der Waals surface area contributed by atoms with Crippen molar-refractivity contribution in [3.05, 3.63) is 40.0 Å². The number of nitrogens with one attached hydrogen (secondary N) is 1. The number of benzene rings is 1. The molecule has 1 N–H and O–H groups in total. The number of hydrogen-bond acceptors (Lipinski definition) is 5. The molecule has 7 heteroatoms. The van der Waals surface area contributed by atoms with Crippen molar-refractivity contribution in [1.82, 2.24) is 14.8 Å². The molecule has 0 saturated carbocycles. The highest BCUT2D eigenvalue weighted by molar-refractivity contribution is 5.70. The van der Waals surface area contributed by atoms with Gasteiger partial charge in [0.2, 0.25) is 0 Å². The van der Waals surface area contributed by atoms with Crippen molar-refractivity contribution in [1.29, 1.82) is 0 Å². The van der Waals surface area contributed by atoms with E-state index in [-0.39, 0.29) is 5.69 Å². The van der Waals surface area contributed by atoms with E-state index in [0.29, 0.717) is 23.0 Å². The number of aryl methyl sites for hydroxylation is 2. The molecule has 0 fully saturated rings. The summed E-state index contributed by atoms with van der Waals surface area (Å²) in [6.07, 6.45) is 0. The van der Waals surface area contributed by atoms with Crippen molar-refractivity contribution >= 4 is 11.4 Å². The highest BCUT2D eigenvalue weighted by Crippen LogP contribution is 2.31. The van der Waals surface area contributed by atoms with Crippen molar-refractivity contribution in [3.63, 3.8) is 0 Å². The maximum atomic E-state index is 11.2. The second kappa shape index (κ2) is 4.44. The number of hydrogen-bond donors (Lipinski definition) is 1. The van der Waals surface area contributed by atoms with Gasteiger partial charge in [-0.2, -0.15) is 5.10 Å². The smallest absolute Gasteiger partial charge is 0.317 e. The highest BCUT2D eigenvalue weighted by atomic mass is 16.6. The fourth-order valence-electron chi connectivity index (χ4n) is 1.85. The van der Waals surface area contributed by atoms with Gasteiger partial charge in [0.25, 0.3) is 0 Å². The minimum atomic E-state index is -0.419. The molecule has 0 aliphatic heterocycles. The van der Waals surface area contributed by atoms with Crippen molar-refractivity contribution in [2.24, 2.45) is 0 Å². The maximum absolute atomic E-state index is 11.2. The van der Waals surface area contributed by atoms with E-state index in [1.807, 2.05) is 0 Å². The lowest BCUT2D eigenvalue weighted by atomic mass is 10.2. The van der Waals surface area contributed by atoms with E-state index >= 15 is 0 Å². The predicted molar refractivity (Wildman–Crippen MR) is 67.0 cm³/mol. The van der Waals surface area contributed by atoms with E-state index in [9.17, 15) is 10.1 Å². The molecule has 18 heavy (non-hydrogen) atoms. The van der Waals surface area contributed by atoms with E-state index in [1.54, 1.807) is 39.1 Å². The molecule has 0 spiro atoms. The van der Waals surface area contributed by atoms with Crippen LogP contribution in [0, 0.1) is 24.0 Å². The molecule has 0 aliphatic carbocycles. The summed E-state index contributed by atoms with van der Waals surface area (Å²) in [5.41, 5.74) is 0.850. The van der Waals surface area contributed by atoms with Crippen LogP contribution in [0.25, 0.3) is 5.69 Å². The zero-order valence-electron chi connectivity index (χ0n) is 10.3. The van der Waals surface area contributed by atoms with Crippen LogP contribution >= 0.6 is 0 Å². The Balaban J connectivity index is 2.71. The first-order valence-electron chi connectivity index (χ1n) is 5.40. The summed E-state index contributed by atoms with van der Waals surface area (Å²) in [4.78, 5) is 14.9. The van der Waals surface area contributed by atoms with Crippen LogP contribution in [-0.2, 0) is 0 Å². The third-order valence-corrected chi connectivity index (χ3v) is 2.57. The Kier molecular flexibility index (Phi) is 2.97. The Labute approximate surface area is 104 Å². The van der Waals surface area contributed by atoms with Gasteiger partial charge in [0.1, 0.15) is 23.0 Å². The van der Waals surface area contributed by atoms with E-state index in [2.05, 4.69) is 15.4 Å². The molecule has 2 aromatic rings. The van der Waals surface area contributed by atoms with Gasteiger partial charge < -0.3 is 5.32 Å². The van der Waals surface area contributed by atoms with Crippen LogP contribution < -0.4 is 5.32 Å². The summed E-state index contributed by atoms with van der Waals surface area (Å²) in [5.74, 6) is 1.19. The minimum Gasteiger partial charge on any atom is -0.382 e. The molecular formula is C11H13N5O2. The van der Waals surface area contributed by atoms with Gasteiger partial charge in [0.05, 0.1) is 4.92 Å². The first-order chi connectivity index (χ1) is 8.54. The van der Waals surface area contributed by atoms with Gasteiger partial charge in [-0.1, -0.05) is 6.07 Å². The standard InChI is InChI=1S/C11H13N5O2/c1-7-13-8(2)15(14-7)10-6-4-5-9(12-3)11(10)16(17)18/h4-6,12H,1-3H3. The van der Waals surface area contributed by atoms with Crippen LogP contribution in [0.1, 0.15) is 11.6 Å². The zero-order valence-corrected chi connectivity index (χ0v) is 10.3. The third kappa shape index (κ3) is 1.90. The van der Waals surface area contributed by atoms with Crippen LogP contribution in [0.15, 0.2) is 18.2 Å². The normalized spacial score (nSPS) is 10.4. The lowest BCUT2D eigenvalue weighted by molar-refractivity contribution is -0.383. The molecule has 7 nitrogen and oxygen atoms in total. The quantitative estimate of drug-likeness (QED) is 0.660. The van der Waals surface area contributed by atoms with Crippen molar-refractivity contribution in [2.45, 2.75) is 13.8 Å². The van der Waals surface area contributed by atoms with E-state index < -0.39 is 4.92 Å². The molecular weight excluding hydrogens is 234 g/mol. The summed E-state index contributed by atoms with van der Waals surface area (Å²) >= 11 is 0. The van der Waals surface area contributed by atoms with Crippen LogP contribution in [-0.4, -0.2) is 26.7 Å². The summed E-state index contributed by atoms with van der Waals surface area (Å²) in [6.45, 7) is 3.51. The second-order valence-corrected chi connectivity index (χ2v) is 3.80. The molecule has 0 radical (unpaired) electrons. The minimum absolute atomic E-state index is 0.00648. The molecule has 0 unspecified atom stereocenters. The monoisotopic (exact) mass is 247 g/mol. The molecule has 0 saturated heterocycles. The lowest BCUT2D eigenvalue weighted by Gasteiger charge is -2.07. The Morgan fingerprint density at radius 3 is 2.61 bits per heavy atom. The number of aromatic nitrogens is 3. The second-order valence-electron chi connectivity index (χ2n) is 3.80. The van der Waals surface area contributed by atoms with Crippen molar-refractivity contribution in [2.75, 3.05) is 12.4 Å². The predicted octanol–water partition coefficient (Wildman–Crippen LogP) is 1.83. The van der Waals surface area contributed by atoms with Gasteiger partial charge in [-0.25, -0.2) is 9.67 Å². The number of nitro benzene ring substituents is 1. The first-order valence-corrected chi connectivity index (χ1v) is 5.40. The van der Waals surface area contributed by atoms with Gasteiger partial charge in [-0.3, -0.25) is 10.1 Å². The Morgan fingerprint density at radius 2 is 2.11 bits per heavy atom. The number of nitrogens with zero attached hydrogens (tertiary/aromatic N) is 4. The molecule has 2 rings (SSSR count). The van der Waals surface area contributed by atoms with E-state index in [4.69, 9.17) is 0 Å². The number of nitro groups is 1. The molecule has 0 bridgehead atoms. The van der Waals surface area contributed by atoms with Crippen LogP contribution in [0.3, 0.4) is 0 Å². The number of rotatable bonds is 3. The number of para-hydroxylation sites is 1. The molecule has 1 aromatic heterocycles. The van der Waals surface area contributed by atoms with Gasteiger partial charge in [0.15, 0.2) is 0 Å². The molecule has 0 atom stereocenters. The van der Waals surface area contributed by atoms with E-state index in [1.165, 1.54) is 4.68 Å². The fraction of sp³-hybridized carbons (Fsp3) is 0.273. The van der Waals surface area contributed by atoms with Gasteiger partial charge in [0, 0.05) is 7.05 Å². The molecule has 94 valence electrons. The van der Waals surface area contributed by atoms with E-state index in [0.717, 1.165) is 0 Å². The van der Waals surface area contributed by atoms with Crippen molar-refractivity contribution in [3.8, 4) is 5.69 Å². The average molecular weight is 247 g/mol. The zero-order chi connectivity index (χ0) is 13.3. The van der Waals surface area contributed by atoms with Crippen LogP contribution in [0.2, 0.25) is 0 Å². The lowest BCUT2D eigenvalue weighted by Crippen LogP contribution is -2.06. The molecule has 0 amide bonds. The molecule has 1 aromatic carbocycles. The summed E-state index contributed by atoms with van der Waals surface area (Å²) < 4.78 is 1.48. The summed E-state index contributed by atoms with van der Waals surface area (Å²) in [6, 6.07) is 5.05. The number of anilines is 1. The van der Waals surface area contributed by atoms with Gasteiger partial charge >= 0.3 is 5.69 Å². The fourth-order valence-corrected chi connectivity index (χ4v) is 1.85. The topological polar surface area (TPSA) is 85.9 Å². The van der Waals surface area contributed by atoms with Crippen LogP contribution in [0.4, 0.5) is 11.4 Å². The summed E-state index contributed by atoms with van der Waals surface area (Å²) in [7, 11) is 1.64. The maximum Gasteiger partial charge on any atom is 0.317 e. The Bertz CT molecular complexity index is 605. The van der Waals surface area contributed by atoms with Gasteiger partial charge in [-0.05, 0) is 26.0 Å². The Morgan fingerprint density at radius 1 is 1.39 bits per heavy atom. The molecule has 1 heterocycles. The van der Waals surface area contributed by atoms with Crippen LogP contribution in [0.5, 0.6) is 0 Å². The third-order valence-electron chi connectivity index (χ3n) is 2.57. The Hall–Kier alpha value is -2.44. The highest BCUT2D eigenvalue weighted by Gasteiger charge is 2.22. The van der Waals surface area contributed by atoms with Crippen molar-refractivity contribution < 1.29 is 4.92 Å².